The summed E-state index contributed by atoms with van der Waals surface area (Å²) in [5, 5.41) is 3.21. The quantitative estimate of drug-likeness (QED) is 0.703. The van der Waals surface area contributed by atoms with Crippen LogP contribution in [0.5, 0.6) is 0 Å². The number of nitrogens with one attached hydrogen (secondary N) is 1. The predicted octanol–water partition coefficient (Wildman–Crippen LogP) is 3.27. The first-order valence-electron chi connectivity index (χ1n) is 6.35. The third kappa shape index (κ3) is 4.47. The summed E-state index contributed by atoms with van der Waals surface area (Å²) in [5.41, 5.74) is -0.532. The smallest absolute Gasteiger partial charge is 0.363 e. The van der Waals surface area contributed by atoms with Gasteiger partial charge in [-0.25, -0.2) is 0 Å². The van der Waals surface area contributed by atoms with Crippen molar-refractivity contribution in [3.8, 4) is 0 Å². The van der Waals surface area contributed by atoms with E-state index in [2.05, 4.69) is 12.2 Å². The van der Waals surface area contributed by atoms with Gasteiger partial charge < -0.3 is 10.1 Å². The molecule has 0 aromatic rings. The van der Waals surface area contributed by atoms with Gasteiger partial charge in [-0.3, -0.25) is 0 Å². The van der Waals surface area contributed by atoms with Gasteiger partial charge in [0.15, 0.2) is 6.10 Å². The van der Waals surface area contributed by atoms with E-state index < -0.39 is 17.9 Å². The van der Waals surface area contributed by atoms with Gasteiger partial charge in [-0.05, 0) is 52.1 Å². The second-order valence-corrected chi connectivity index (χ2v) is 4.84. The molecule has 5 heteroatoms. The fraction of sp³-hybridized carbons (Fsp3) is 1.00. The highest BCUT2D eigenvalue weighted by Gasteiger charge is 2.46. The number of ether oxygens (including phenoxy) is 1. The molecular formula is C12H22F3NO. The van der Waals surface area contributed by atoms with Crippen LogP contribution in [0.25, 0.3) is 0 Å². The lowest BCUT2D eigenvalue weighted by atomic mass is 9.77. The van der Waals surface area contributed by atoms with Crippen molar-refractivity contribution < 1.29 is 17.9 Å². The SMILES string of the molecule is CCCNCCC1(OC(C)C(F)(F)F)CCC1. The second-order valence-electron chi connectivity index (χ2n) is 4.84. The van der Waals surface area contributed by atoms with E-state index in [9.17, 15) is 13.2 Å². The van der Waals surface area contributed by atoms with Crippen molar-refractivity contribution in [3.05, 3.63) is 0 Å². The molecule has 1 rings (SSSR count). The standard InChI is InChI=1S/C12H22F3NO/c1-3-8-16-9-7-11(5-4-6-11)17-10(2)12(13,14)15/h10,16H,3-9H2,1-2H3. The van der Waals surface area contributed by atoms with Crippen molar-refractivity contribution in [2.24, 2.45) is 0 Å². The van der Waals surface area contributed by atoms with Gasteiger partial charge in [0.1, 0.15) is 0 Å². The zero-order valence-electron chi connectivity index (χ0n) is 10.6. The minimum absolute atomic E-state index is 0.532. The van der Waals surface area contributed by atoms with Crippen molar-refractivity contribution in [1.82, 2.24) is 5.32 Å². The third-order valence-corrected chi connectivity index (χ3v) is 3.34. The molecule has 1 aliphatic carbocycles. The molecule has 0 saturated heterocycles. The molecule has 17 heavy (non-hydrogen) atoms. The molecular weight excluding hydrogens is 231 g/mol. The van der Waals surface area contributed by atoms with Crippen LogP contribution < -0.4 is 5.32 Å². The van der Waals surface area contributed by atoms with E-state index >= 15 is 0 Å². The van der Waals surface area contributed by atoms with E-state index in [4.69, 9.17) is 4.74 Å². The van der Waals surface area contributed by atoms with E-state index in [-0.39, 0.29) is 0 Å². The van der Waals surface area contributed by atoms with Crippen LogP contribution in [-0.2, 0) is 4.74 Å². The Bertz CT molecular complexity index is 226. The summed E-state index contributed by atoms with van der Waals surface area (Å²) in [6.07, 6.45) is -1.73. The Morgan fingerprint density at radius 3 is 2.35 bits per heavy atom. The van der Waals surface area contributed by atoms with Crippen LogP contribution >= 0.6 is 0 Å². The summed E-state index contributed by atoms with van der Waals surface area (Å²) < 4.78 is 42.6. The number of hydrogen-bond donors (Lipinski definition) is 1. The zero-order valence-corrected chi connectivity index (χ0v) is 10.6. The fourth-order valence-electron chi connectivity index (χ4n) is 2.06. The molecule has 1 saturated carbocycles. The van der Waals surface area contributed by atoms with Gasteiger partial charge in [0.2, 0.25) is 0 Å². The fourth-order valence-corrected chi connectivity index (χ4v) is 2.06. The largest absolute Gasteiger partial charge is 0.414 e. The molecule has 102 valence electrons. The highest BCUT2D eigenvalue weighted by molar-refractivity contribution is 4.91. The molecule has 1 unspecified atom stereocenters. The van der Waals surface area contributed by atoms with Gasteiger partial charge in [-0.2, -0.15) is 13.2 Å². The van der Waals surface area contributed by atoms with Crippen LogP contribution in [0.3, 0.4) is 0 Å². The summed E-state index contributed by atoms with van der Waals surface area (Å²) in [7, 11) is 0. The van der Waals surface area contributed by atoms with Crippen LogP contribution in [-0.4, -0.2) is 31.0 Å². The van der Waals surface area contributed by atoms with E-state index in [0.717, 1.165) is 45.7 Å². The van der Waals surface area contributed by atoms with E-state index in [0.29, 0.717) is 6.42 Å². The first-order chi connectivity index (χ1) is 7.90. The minimum atomic E-state index is -4.25. The number of hydrogen-bond acceptors (Lipinski definition) is 2. The van der Waals surface area contributed by atoms with Crippen LogP contribution in [0.2, 0.25) is 0 Å². The Morgan fingerprint density at radius 2 is 1.94 bits per heavy atom. The van der Waals surface area contributed by atoms with Crippen molar-refractivity contribution in [2.45, 2.75) is 63.8 Å². The van der Waals surface area contributed by atoms with Gasteiger partial charge in [0.25, 0.3) is 0 Å². The molecule has 0 bridgehead atoms. The van der Waals surface area contributed by atoms with Crippen molar-refractivity contribution in [3.63, 3.8) is 0 Å². The molecule has 0 aromatic carbocycles. The molecule has 1 fully saturated rings. The molecule has 1 aliphatic rings. The molecule has 2 nitrogen and oxygen atoms in total. The monoisotopic (exact) mass is 253 g/mol. The molecule has 0 spiro atoms. The highest BCUT2D eigenvalue weighted by Crippen LogP contribution is 2.41. The maximum atomic E-state index is 12.4. The molecule has 0 amide bonds. The average Bonchev–Trinajstić information content (AvgIpc) is 2.18. The maximum Gasteiger partial charge on any atom is 0.414 e. The topological polar surface area (TPSA) is 21.3 Å². The van der Waals surface area contributed by atoms with Crippen molar-refractivity contribution in [2.75, 3.05) is 13.1 Å². The summed E-state index contributed by atoms with van der Waals surface area (Å²) in [6, 6.07) is 0. The third-order valence-electron chi connectivity index (χ3n) is 3.34. The summed E-state index contributed by atoms with van der Waals surface area (Å²) >= 11 is 0. The molecule has 0 aromatic heterocycles. The average molecular weight is 253 g/mol. The van der Waals surface area contributed by atoms with E-state index in [1.54, 1.807) is 0 Å². The van der Waals surface area contributed by atoms with Crippen LogP contribution in [0, 0.1) is 0 Å². The summed E-state index contributed by atoms with van der Waals surface area (Å²) in [6.45, 7) is 4.80. The normalized spacial score (nSPS) is 21.0. The van der Waals surface area contributed by atoms with Crippen LogP contribution in [0.1, 0.15) is 46.0 Å². The second kappa shape index (κ2) is 6.05. The van der Waals surface area contributed by atoms with Gasteiger partial charge in [-0.15, -0.1) is 0 Å². The molecule has 1 N–H and O–H groups in total. The van der Waals surface area contributed by atoms with E-state index in [1.165, 1.54) is 0 Å². The summed E-state index contributed by atoms with van der Waals surface area (Å²) in [5.74, 6) is 0. The lowest BCUT2D eigenvalue weighted by Crippen LogP contribution is -2.47. The maximum absolute atomic E-state index is 12.4. The van der Waals surface area contributed by atoms with Gasteiger partial charge in [0.05, 0.1) is 5.60 Å². The Morgan fingerprint density at radius 1 is 1.29 bits per heavy atom. The highest BCUT2D eigenvalue weighted by atomic mass is 19.4. The first kappa shape index (κ1) is 14.8. The zero-order chi connectivity index (χ0) is 12.9. The molecule has 1 atom stereocenters. The lowest BCUT2D eigenvalue weighted by molar-refractivity contribution is -0.261. The Kier molecular flexibility index (Phi) is 5.25. The number of rotatable bonds is 7. The Hall–Kier alpha value is -0.290. The van der Waals surface area contributed by atoms with Crippen molar-refractivity contribution >= 4 is 0 Å². The van der Waals surface area contributed by atoms with Gasteiger partial charge in [0, 0.05) is 0 Å². The van der Waals surface area contributed by atoms with E-state index in [1.807, 2.05) is 0 Å². The van der Waals surface area contributed by atoms with Crippen molar-refractivity contribution in [1.29, 1.82) is 0 Å². The predicted molar refractivity (Wildman–Crippen MR) is 61.0 cm³/mol. The Balaban J connectivity index is 2.35. The molecule has 0 aliphatic heterocycles. The van der Waals surface area contributed by atoms with Crippen LogP contribution in [0.15, 0.2) is 0 Å². The summed E-state index contributed by atoms with van der Waals surface area (Å²) in [4.78, 5) is 0. The van der Waals surface area contributed by atoms with Gasteiger partial charge in [-0.1, -0.05) is 6.92 Å². The number of halogens is 3. The minimum Gasteiger partial charge on any atom is -0.363 e. The first-order valence-corrected chi connectivity index (χ1v) is 6.35. The lowest BCUT2D eigenvalue weighted by Gasteiger charge is -2.44. The van der Waals surface area contributed by atoms with Crippen LogP contribution in [0.4, 0.5) is 13.2 Å². The number of alkyl halides is 3. The molecule has 0 radical (unpaired) electrons. The Labute approximate surface area is 101 Å². The van der Waals surface area contributed by atoms with Gasteiger partial charge >= 0.3 is 6.18 Å². The molecule has 0 heterocycles.